The van der Waals surface area contributed by atoms with Crippen molar-refractivity contribution < 1.29 is 26.4 Å². The van der Waals surface area contributed by atoms with Gasteiger partial charge in [0.1, 0.15) is 0 Å². The molecule has 0 aliphatic heterocycles. The zero-order chi connectivity index (χ0) is 14.7. The molecule has 11 heteroatoms. The first kappa shape index (κ1) is 15.2. The average Bonchev–Trinajstić information content (AvgIpc) is 2.26. The van der Waals surface area contributed by atoms with Crippen LogP contribution in [-0.2, 0) is 25.0 Å². The van der Waals surface area contributed by atoms with Gasteiger partial charge in [0.25, 0.3) is 0 Å². The number of carbonyl (C=O) groups is 1. The third-order valence-corrected chi connectivity index (χ3v) is 3.67. The van der Waals surface area contributed by atoms with Crippen LogP contribution < -0.4 is 14.6 Å². The summed E-state index contributed by atoms with van der Waals surface area (Å²) in [4.78, 5) is 10.5. The van der Waals surface area contributed by atoms with Gasteiger partial charge in [-0.05, 0) is 18.2 Å². The number of nitrogens with two attached hydrogens (primary N) is 1. The van der Waals surface area contributed by atoms with E-state index in [0.717, 1.165) is 13.2 Å². The molecule has 1 amide bonds. The molecule has 0 spiro atoms. The number of ether oxygens (including phenoxy) is 1. The van der Waals surface area contributed by atoms with Gasteiger partial charge in [-0.25, -0.2) is 23.1 Å². The van der Waals surface area contributed by atoms with E-state index in [-0.39, 0.29) is 10.6 Å². The van der Waals surface area contributed by atoms with E-state index in [1.807, 2.05) is 4.72 Å². The Balaban J connectivity index is 2.98. The Hall–Kier alpha value is -1.85. The Labute approximate surface area is 110 Å². The lowest BCUT2D eigenvalue weighted by Gasteiger charge is -2.09. The lowest BCUT2D eigenvalue weighted by Crippen LogP contribution is -2.35. The highest BCUT2D eigenvalue weighted by Gasteiger charge is 2.15. The smallest absolute Gasteiger partial charge is 0.422 e. The minimum absolute atomic E-state index is 0.0806. The van der Waals surface area contributed by atoms with E-state index in [2.05, 4.69) is 4.74 Å². The highest BCUT2D eigenvalue weighted by Crippen LogP contribution is 2.14. The molecule has 19 heavy (non-hydrogen) atoms. The van der Waals surface area contributed by atoms with Gasteiger partial charge in [-0.15, -0.1) is 0 Å². The minimum Gasteiger partial charge on any atom is -0.452 e. The van der Waals surface area contributed by atoms with Gasteiger partial charge in [-0.3, -0.25) is 4.72 Å². The fraction of sp³-hybridized carbons (Fsp3) is 0.125. The summed E-state index contributed by atoms with van der Waals surface area (Å²) in [6.45, 7) is 0. The molecule has 1 aromatic carbocycles. The maximum atomic E-state index is 11.4. The van der Waals surface area contributed by atoms with Crippen molar-refractivity contribution in [1.82, 2.24) is 4.72 Å². The van der Waals surface area contributed by atoms with E-state index in [1.165, 1.54) is 22.9 Å². The Morgan fingerprint density at radius 1 is 1.26 bits per heavy atom. The fourth-order valence-corrected chi connectivity index (χ4v) is 2.42. The normalized spacial score (nSPS) is 11.7. The second-order valence-corrected chi connectivity index (χ2v) is 6.25. The molecule has 4 N–H and O–H groups in total. The number of primary sulfonamides is 1. The van der Waals surface area contributed by atoms with Crippen molar-refractivity contribution in [3.63, 3.8) is 0 Å². The fourth-order valence-electron chi connectivity index (χ4n) is 1.07. The highest BCUT2D eigenvalue weighted by molar-refractivity contribution is 7.91. The molecule has 0 saturated carbocycles. The van der Waals surface area contributed by atoms with Crippen LogP contribution in [0.25, 0.3) is 0 Å². The molecular weight excluding hydrogens is 298 g/mol. The predicted molar refractivity (Wildman–Crippen MR) is 65.9 cm³/mol. The summed E-state index contributed by atoms with van der Waals surface area (Å²) in [5.74, 6) is 0. The number of hydrogen-bond acceptors (Lipinski definition) is 6. The molecule has 0 radical (unpaired) electrons. The number of anilines is 1. The standard InChI is InChI=1S/C8H11N3O6S2/c1-17-8(12)11-19(15,16)10-6-3-2-4-7(5-6)18(9,13)14/h2-5,10H,1H3,(H,11,12)(H2,9,13,14). The summed E-state index contributed by atoms with van der Waals surface area (Å²) in [5.41, 5.74) is -0.0806. The van der Waals surface area contributed by atoms with Crippen LogP contribution in [0.4, 0.5) is 10.5 Å². The van der Waals surface area contributed by atoms with Crippen molar-refractivity contribution in [2.75, 3.05) is 11.8 Å². The van der Waals surface area contributed by atoms with Crippen molar-refractivity contribution in [3.8, 4) is 0 Å². The quantitative estimate of drug-likeness (QED) is 0.673. The van der Waals surface area contributed by atoms with Crippen LogP contribution in [0, 0.1) is 0 Å². The molecule has 0 aliphatic carbocycles. The van der Waals surface area contributed by atoms with E-state index in [1.54, 1.807) is 0 Å². The molecule has 0 atom stereocenters. The summed E-state index contributed by atoms with van der Waals surface area (Å²) in [6, 6.07) is 4.77. The molecule has 0 unspecified atom stereocenters. The van der Waals surface area contributed by atoms with Crippen molar-refractivity contribution >= 4 is 32.0 Å². The second kappa shape index (κ2) is 5.42. The van der Waals surface area contributed by atoms with Crippen molar-refractivity contribution in [2.45, 2.75) is 4.90 Å². The van der Waals surface area contributed by atoms with E-state index < -0.39 is 26.3 Å². The zero-order valence-electron chi connectivity index (χ0n) is 9.65. The Kier molecular flexibility index (Phi) is 4.34. The summed E-state index contributed by atoms with van der Waals surface area (Å²) in [6.07, 6.45) is -1.19. The zero-order valence-corrected chi connectivity index (χ0v) is 11.3. The topological polar surface area (TPSA) is 145 Å². The molecule has 1 aromatic rings. The Morgan fingerprint density at radius 3 is 2.42 bits per heavy atom. The number of sulfonamides is 1. The monoisotopic (exact) mass is 309 g/mol. The van der Waals surface area contributed by atoms with Gasteiger partial charge in [0, 0.05) is 0 Å². The SMILES string of the molecule is COC(=O)NS(=O)(=O)Nc1cccc(S(N)(=O)=O)c1. The van der Waals surface area contributed by atoms with Crippen LogP contribution in [0.2, 0.25) is 0 Å². The molecule has 0 aliphatic rings. The molecule has 1 rings (SSSR count). The third-order valence-electron chi connectivity index (χ3n) is 1.82. The van der Waals surface area contributed by atoms with Gasteiger partial charge in [0.15, 0.2) is 0 Å². The largest absolute Gasteiger partial charge is 0.452 e. The number of nitrogens with one attached hydrogen (secondary N) is 2. The first-order valence-corrected chi connectivity index (χ1v) is 7.68. The minimum atomic E-state index is -4.22. The number of benzene rings is 1. The summed E-state index contributed by atoms with van der Waals surface area (Å²) in [7, 11) is -7.18. The molecule has 9 nitrogen and oxygen atoms in total. The van der Waals surface area contributed by atoms with Crippen LogP contribution in [0.1, 0.15) is 0 Å². The third kappa shape index (κ3) is 4.73. The van der Waals surface area contributed by atoms with Gasteiger partial charge in [0.2, 0.25) is 10.0 Å². The molecule has 106 valence electrons. The van der Waals surface area contributed by atoms with Gasteiger partial charge in [-0.1, -0.05) is 6.07 Å². The van der Waals surface area contributed by atoms with Crippen molar-refractivity contribution in [2.24, 2.45) is 5.14 Å². The van der Waals surface area contributed by atoms with Gasteiger partial charge in [0.05, 0.1) is 17.7 Å². The number of amides is 1. The Morgan fingerprint density at radius 2 is 1.89 bits per heavy atom. The number of carbonyl (C=O) groups excluding carboxylic acids is 1. The lowest BCUT2D eigenvalue weighted by atomic mass is 10.3. The van der Waals surface area contributed by atoms with Gasteiger partial charge < -0.3 is 4.74 Å². The van der Waals surface area contributed by atoms with E-state index in [4.69, 9.17) is 5.14 Å². The maximum absolute atomic E-state index is 11.4. The molecular formula is C8H11N3O6S2. The summed E-state index contributed by atoms with van der Waals surface area (Å²) in [5, 5.41) is 4.90. The average molecular weight is 309 g/mol. The van der Waals surface area contributed by atoms with Gasteiger partial charge in [-0.2, -0.15) is 8.42 Å². The van der Waals surface area contributed by atoms with E-state index in [9.17, 15) is 21.6 Å². The summed E-state index contributed by atoms with van der Waals surface area (Å²) >= 11 is 0. The van der Waals surface area contributed by atoms with Gasteiger partial charge >= 0.3 is 16.3 Å². The van der Waals surface area contributed by atoms with Crippen LogP contribution in [0.3, 0.4) is 0 Å². The van der Waals surface area contributed by atoms with E-state index in [0.29, 0.717) is 0 Å². The molecule has 0 heterocycles. The number of rotatable bonds is 4. The second-order valence-electron chi connectivity index (χ2n) is 3.27. The maximum Gasteiger partial charge on any atom is 0.422 e. The van der Waals surface area contributed by atoms with E-state index >= 15 is 0 Å². The molecule has 0 fully saturated rings. The first-order valence-electron chi connectivity index (χ1n) is 4.65. The Bertz CT molecular complexity index is 682. The predicted octanol–water partition coefficient (Wildman–Crippen LogP) is -0.653. The van der Waals surface area contributed by atoms with Crippen LogP contribution >= 0.6 is 0 Å². The van der Waals surface area contributed by atoms with Crippen LogP contribution in [-0.4, -0.2) is 30.0 Å². The number of hydrogen-bond donors (Lipinski definition) is 3. The molecule has 0 saturated heterocycles. The van der Waals surface area contributed by atoms with Crippen molar-refractivity contribution in [1.29, 1.82) is 0 Å². The van der Waals surface area contributed by atoms with Crippen LogP contribution in [0.5, 0.6) is 0 Å². The lowest BCUT2D eigenvalue weighted by molar-refractivity contribution is 0.177. The summed E-state index contributed by atoms with van der Waals surface area (Å²) < 4.78 is 52.6. The first-order chi connectivity index (χ1) is 8.64. The highest BCUT2D eigenvalue weighted by atomic mass is 32.2. The number of methoxy groups -OCH3 is 1. The molecule has 0 bridgehead atoms. The van der Waals surface area contributed by atoms with Crippen molar-refractivity contribution in [3.05, 3.63) is 24.3 Å². The molecule has 0 aromatic heterocycles. The van der Waals surface area contributed by atoms with Crippen LogP contribution in [0.15, 0.2) is 29.2 Å².